The van der Waals surface area contributed by atoms with Gasteiger partial charge < -0.3 is 15.9 Å². The van der Waals surface area contributed by atoms with Gasteiger partial charge in [0.15, 0.2) is 34.7 Å². The van der Waals surface area contributed by atoms with Crippen LogP contribution in [0.2, 0.25) is 0 Å². The van der Waals surface area contributed by atoms with Gasteiger partial charge in [-0.1, -0.05) is 5.92 Å². The van der Waals surface area contributed by atoms with Crippen LogP contribution in [0.5, 0.6) is 5.75 Å². The first-order chi connectivity index (χ1) is 15.0. The third-order valence-corrected chi connectivity index (χ3v) is 7.10. The number of benzene rings is 1. The Balaban J connectivity index is 1.90. The molecule has 1 amide bonds. The van der Waals surface area contributed by atoms with Crippen LogP contribution in [0.15, 0.2) is 12.1 Å². The summed E-state index contributed by atoms with van der Waals surface area (Å²) < 4.78 is 0. The molecule has 3 aliphatic rings. The largest absolute Gasteiger partial charge is 0.507 e. The van der Waals surface area contributed by atoms with E-state index < -0.39 is 64.4 Å². The van der Waals surface area contributed by atoms with Crippen molar-refractivity contribution in [1.29, 1.82) is 0 Å². The van der Waals surface area contributed by atoms with Gasteiger partial charge in [-0.3, -0.25) is 28.9 Å². The number of amides is 1. The van der Waals surface area contributed by atoms with Gasteiger partial charge in [0.25, 0.3) is 0 Å². The molecule has 0 aromatic heterocycles. The van der Waals surface area contributed by atoms with Crippen LogP contribution in [0.3, 0.4) is 0 Å². The normalized spacial score (nSPS) is 33.9. The highest BCUT2D eigenvalue weighted by molar-refractivity contribution is 6.32. The van der Waals surface area contributed by atoms with Gasteiger partial charge in [-0.05, 0) is 50.6 Å². The number of hydrogen-bond donors (Lipinski definition) is 3. The standard InChI is InChI=1S/C23H22N2O7/c1-4-9-5-6-13(26)15-11(9)7-10-8-12-17(25(2)3)19(28)16(22(24)31)21(30)23(12,32)20(29)14(10)18(15)27/h1,5-6,10,12,14,16-17,26,32H,7-8H2,2-3H3,(H2,24,31)/t10-,12-,14?,16?,17?,23-/m0/s1. The number of nitrogens with zero attached hydrogens (tertiary/aromatic N) is 1. The summed E-state index contributed by atoms with van der Waals surface area (Å²) in [6, 6.07) is 1.62. The van der Waals surface area contributed by atoms with E-state index in [1.54, 1.807) is 0 Å². The fraction of sp³-hybridized carbons (Fsp3) is 0.435. The minimum atomic E-state index is -2.73. The number of terminal acetylenes is 1. The van der Waals surface area contributed by atoms with Crippen molar-refractivity contribution in [2.45, 2.75) is 24.5 Å². The van der Waals surface area contributed by atoms with E-state index in [2.05, 4.69) is 5.92 Å². The molecule has 1 aromatic rings. The highest BCUT2D eigenvalue weighted by Gasteiger charge is 2.69. The van der Waals surface area contributed by atoms with Gasteiger partial charge in [0.05, 0.1) is 17.5 Å². The second-order valence-corrected chi connectivity index (χ2v) is 8.92. The maximum absolute atomic E-state index is 13.6. The van der Waals surface area contributed by atoms with E-state index in [4.69, 9.17) is 12.2 Å². The molecule has 9 nitrogen and oxygen atoms in total. The zero-order valence-electron chi connectivity index (χ0n) is 17.5. The molecular weight excluding hydrogens is 416 g/mol. The quantitative estimate of drug-likeness (QED) is 0.386. The van der Waals surface area contributed by atoms with Gasteiger partial charge in [-0.25, -0.2) is 0 Å². The zero-order chi connectivity index (χ0) is 23.7. The summed E-state index contributed by atoms with van der Waals surface area (Å²) in [5.74, 6) is -8.25. The number of likely N-dealkylation sites (N-methyl/N-ethyl adjacent to an activating group) is 1. The Morgan fingerprint density at radius 2 is 1.88 bits per heavy atom. The zero-order valence-corrected chi connectivity index (χ0v) is 17.5. The Labute approximate surface area is 183 Å². The molecule has 9 heteroatoms. The molecule has 0 radical (unpaired) electrons. The molecule has 0 bridgehead atoms. The highest BCUT2D eigenvalue weighted by Crippen LogP contribution is 2.50. The van der Waals surface area contributed by atoms with Gasteiger partial charge in [-0.2, -0.15) is 0 Å². The minimum absolute atomic E-state index is 0.0104. The Morgan fingerprint density at radius 3 is 2.44 bits per heavy atom. The van der Waals surface area contributed by atoms with E-state index in [1.807, 2.05) is 0 Å². The summed E-state index contributed by atoms with van der Waals surface area (Å²) in [7, 11) is 3.06. The highest BCUT2D eigenvalue weighted by atomic mass is 16.3. The smallest absolute Gasteiger partial charge is 0.235 e. The average molecular weight is 438 g/mol. The number of ketones is 4. The summed E-state index contributed by atoms with van der Waals surface area (Å²) in [5, 5.41) is 21.7. The summed E-state index contributed by atoms with van der Waals surface area (Å²) in [5.41, 5.74) is 3.25. The topological polar surface area (TPSA) is 155 Å². The third-order valence-electron chi connectivity index (χ3n) is 7.10. The Kier molecular flexibility index (Phi) is 4.84. The van der Waals surface area contributed by atoms with Crippen LogP contribution in [-0.2, 0) is 25.6 Å². The van der Waals surface area contributed by atoms with Crippen molar-refractivity contribution in [2.75, 3.05) is 14.1 Å². The maximum Gasteiger partial charge on any atom is 0.235 e. The monoisotopic (exact) mass is 438 g/mol. The number of Topliss-reactive ketones (excluding diaryl/α,β-unsaturated/α-hetero) is 4. The van der Waals surface area contributed by atoms with E-state index in [0.29, 0.717) is 11.1 Å². The first kappa shape index (κ1) is 21.9. The van der Waals surface area contributed by atoms with Crippen molar-refractivity contribution in [3.05, 3.63) is 28.8 Å². The number of phenols is 1. The van der Waals surface area contributed by atoms with Crippen LogP contribution in [0.4, 0.5) is 0 Å². The fourth-order valence-electron chi connectivity index (χ4n) is 5.74. The first-order valence-electron chi connectivity index (χ1n) is 10.1. The molecular formula is C23H22N2O7. The fourth-order valence-corrected chi connectivity index (χ4v) is 5.74. The Morgan fingerprint density at radius 1 is 1.22 bits per heavy atom. The van der Waals surface area contributed by atoms with Crippen LogP contribution < -0.4 is 5.73 Å². The van der Waals surface area contributed by atoms with Crippen molar-refractivity contribution in [1.82, 2.24) is 4.90 Å². The van der Waals surface area contributed by atoms with Gasteiger partial charge in [0.2, 0.25) is 5.91 Å². The number of fused-ring (bicyclic) bond motifs is 3. The molecule has 0 aliphatic heterocycles. The number of primary amides is 1. The van der Waals surface area contributed by atoms with E-state index in [0.717, 1.165) is 0 Å². The summed E-state index contributed by atoms with van der Waals surface area (Å²) >= 11 is 0. The van der Waals surface area contributed by atoms with Gasteiger partial charge in [0, 0.05) is 11.5 Å². The molecule has 6 atom stereocenters. The molecule has 3 unspecified atom stereocenters. The molecule has 0 saturated heterocycles. The van der Waals surface area contributed by atoms with Crippen molar-refractivity contribution < 1.29 is 34.2 Å². The van der Waals surface area contributed by atoms with Gasteiger partial charge >= 0.3 is 0 Å². The number of carbonyl (C=O) groups excluding carboxylic acids is 5. The van der Waals surface area contributed by atoms with Crippen LogP contribution >= 0.6 is 0 Å². The lowest BCUT2D eigenvalue weighted by atomic mass is 9.52. The molecule has 2 saturated carbocycles. The van der Waals surface area contributed by atoms with Crippen LogP contribution in [0.1, 0.15) is 27.9 Å². The van der Waals surface area contributed by atoms with E-state index in [1.165, 1.54) is 31.1 Å². The van der Waals surface area contributed by atoms with Crippen molar-refractivity contribution in [2.24, 2.45) is 29.4 Å². The molecule has 2 fully saturated rings. The summed E-state index contributed by atoms with van der Waals surface area (Å²) in [6.45, 7) is 0. The summed E-state index contributed by atoms with van der Waals surface area (Å²) in [6.07, 6.45) is 5.69. The van der Waals surface area contributed by atoms with Crippen molar-refractivity contribution in [3.8, 4) is 18.1 Å². The van der Waals surface area contributed by atoms with E-state index >= 15 is 0 Å². The molecule has 0 heterocycles. The van der Waals surface area contributed by atoms with E-state index in [9.17, 15) is 34.2 Å². The number of hydrogen-bond acceptors (Lipinski definition) is 8. The number of carbonyl (C=O) groups is 5. The number of phenolic OH excluding ortho intramolecular Hbond substituents is 1. The first-order valence-corrected chi connectivity index (χ1v) is 10.1. The molecule has 4 rings (SSSR count). The molecule has 3 aliphatic carbocycles. The average Bonchev–Trinajstić information content (AvgIpc) is 2.70. The second-order valence-electron chi connectivity index (χ2n) is 8.92. The lowest BCUT2D eigenvalue weighted by molar-refractivity contribution is -0.181. The lowest BCUT2D eigenvalue weighted by Gasteiger charge is -2.52. The molecule has 0 spiro atoms. The number of aromatic hydroxyl groups is 1. The second kappa shape index (κ2) is 7.08. The number of rotatable bonds is 2. The summed E-state index contributed by atoms with van der Waals surface area (Å²) in [4.78, 5) is 66.3. The third kappa shape index (κ3) is 2.63. The minimum Gasteiger partial charge on any atom is -0.507 e. The number of aliphatic hydroxyl groups is 1. The molecule has 166 valence electrons. The van der Waals surface area contributed by atoms with Gasteiger partial charge in [-0.15, -0.1) is 6.42 Å². The molecule has 1 aromatic carbocycles. The maximum atomic E-state index is 13.6. The van der Waals surface area contributed by atoms with Crippen molar-refractivity contribution in [3.63, 3.8) is 0 Å². The molecule has 32 heavy (non-hydrogen) atoms. The van der Waals surface area contributed by atoms with E-state index in [-0.39, 0.29) is 24.2 Å². The SMILES string of the molecule is C#Cc1ccc(O)c2c1C[C@H]1C[C@H]3C(N(C)C)C(=O)C(C(N)=O)C(=O)[C@@]3(O)C(=O)C1C2=O. The van der Waals surface area contributed by atoms with Crippen LogP contribution in [-0.4, -0.2) is 69.9 Å². The lowest BCUT2D eigenvalue weighted by Crippen LogP contribution is -2.74. The van der Waals surface area contributed by atoms with Crippen LogP contribution in [0.25, 0.3) is 0 Å². The predicted octanol–water partition coefficient (Wildman–Crippen LogP) is -1.15. The Bertz CT molecular complexity index is 1150. The van der Waals surface area contributed by atoms with Crippen molar-refractivity contribution >= 4 is 29.0 Å². The van der Waals surface area contributed by atoms with Crippen LogP contribution in [0, 0.1) is 36.0 Å². The predicted molar refractivity (Wildman–Crippen MR) is 109 cm³/mol. The molecule has 4 N–H and O–H groups in total. The Hall–Kier alpha value is -3.35. The van der Waals surface area contributed by atoms with Gasteiger partial charge in [0.1, 0.15) is 5.75 Å². The number of nitrogens with two attached hydrogens (primary N) is 1.